The summed E-state index contributed by atoms with van der Waals surface area (Å²) >= 11 is 0. The minimum Gasteiger partial charge on any atom is -0.378 e. The smallest absolute Gasteiger partial charge is 0.223 e. The van der Waals surface area contributed by atoms with E-state index in [1.165, 1.54) is 6.07 Å². The molecule has 1 aromatic carbocycles. The second-order valence-electron chi connectivity index (χ2n) is 6.94. The summed E-state index contributed by atoms with van der Waals surface area (Å²) < 4.78 is 32.0. The Bertz CT molecular complexity index is 680. The van der Waals surface area contributed by atoms with Gasteiger partial charge in [0.15, 0.2) is 11.6 Å². The highest BCUT2D eigenvalue weighted by Crippen LogP contribution is 2.27. The number of amides is 2. The van der Waals surface area contributed by atoms with Crippen molar-refractivity contribution in [2.75, 3.05) is 39.4 Å². The van der Waals surface area contributed by atoms with Gasteiger partial charge in [0, 0.05) is 44.4 Å². The summed E-state index contributed by atoms with van der Waals surface area (Å²) in [4.78, 5) is 26.2. The fourth-order valence-electron chi connectivity index (χ4n) is 3.62. The zero-order chi connectivity index (χ0) is 19.2. The van der Waals surface area contributed by atoms with Gasteiger partial charge in [0.2, 0.25) is 11.8 Å². The monoisotopic (exact) mass is 381 g/mol. The van der Waals surface area contributed by atoms with E-state index in [4.69, 9.17) is 4.74 Å². The first-order valence-electron chi connectivity index (χ1n) is 9.35. The van der Waals surface area contributed by atoms with Gasteiger partial charge in [0.05, 0.1) is 13.2 Å². The van der Waals surface area contributed by atoms with Gasteiger partial charge >= 0.3 is 0 Å². The van der Waals surface area contributed by atoms with E-state index in [0.29, 0.717) is 44.8 Å². The molecule has 148 valence electrons. The van der Waals surface area contributed by atoms with Crippen molar-refractivity contribution in [3.63, 3.8) is 0 Å². The molecule has 0 spiro atoms. The summed E-state index contributed by atoms with van der Waals surface area (Å²) in [5.74, 6) is -2.12. The molecule has 0 saturated carbocycles. The van der Waals surface area contributed by atoms with E-state index in [-0.39, 0.29) is 36.6 Å². The Balaban J connectivity index is 1.54. The number of halogens is 2. The molecule has 2 N–H and O–H groups in total. The van der Waals surface area contributed by atoms with Gasteiger partial charge < -0.3 is 20.3 Å². The molecule has 8 heteroatoms. The van der Waals surface area contributed by atoms with Gasteiger partial charge in [0.25, 0.3) is 0 Å². The SMILES string of the molecule is O=C(CCC(=O)N1CCOCC1)NC1CNCCC1c1ccc(F)c(F)c1. The van der Waals surface area contributed by atoms with Crippen LogP contribution in [0.2, 0.25) is 0 Å². The van der Waals surface area contributed by atoms with E-state index < -0.39 is 11.6 Å². The van der Waals surface area contributed by atoms with Crippen LogP contribution in [0, 0.1) is 11.6 Å². The van der Waals surface area contributed by atoms with Crippen molar-refractivity contribution in [3.05, 3.63) is 35.4 Å². The molecule has 2 amide bonds. The molecule has 3 rings (SSSR count). The molecule has 0 aliphatic carbocycles. The van der Waals surface area contributed by atoms with Crippen LogP contribution in [0.3, 0.4) is 0 Å². The second-order valence-corrected chi connectivity index (χ2v) is 6.94. The topological polar surface area (TPSA) is 70.7 Å². The lowest BCUT2D eigenvalue weighted by atomic mass is 9.86. The van der Waals surface area contributed by atoms with Gasteiger partial charge in [0.1, 0.15) is 0 Å². The Hall–Kier alpha value is -2.06. The van der Waals surface area contributed by atoms with E-state index in [1.807, 2.05) is 0 Å². The lowest BCUT2D eigenvalue weighted by Crippen LogP contribution is -2.50. The van der Waals surface area contributed by atoms with Crippen LogP contribution in [0.5, 0.6) is 0 Å². The third kappa shape index (κ3) is 5.23. The molecule has 27 heavy (non-hydrogen) atoms. The number of rotatable bonds is 5. The Morgan fingerprint density at radius 1 is 1.19 bits per heavy atom. The number of carbonyl (C=O) groups is 2. The Morgan fingerprint density at radius 3 is 2.70 bits per heavy atom. The number of carbonyl (C=O) groups excluding carboxylic acids is 2. The van der Waals surface area contributed by atoms with Crippen LogP contribution in [0.15, 0.2) is 18.2 Å². The maximum absolute atomic E-state index is 13.6. The van der Waals surface area contributed by atoms with Crippen LogP contribution in [0.1, 0.15) is 30.7 Å². The lowest BCUT2D eigenvalue weighted by molar-refractivity contribution is -0.137. The molecule has 2 saturated heterocycles. The zero-order valence-corrected chi connectivity index (χ0v) is 15.2. The fraction of sp³-hybridized carbons (Fsp3) is 0.579. The standard InChI is InChI=1S/C19H25F2N3O3/c20-15-2-1-13(11-16(15)21)14-5-6-22-12-17(14)23-18(25)3-4-19(26)24-7-9-27-10-8-24/h1-2,11,14,17,22H,3-10,12H2,(H,23,25). The van der Waals surface area contributed by atoms with Gasteiger partial charge in [-0.3, -0.25) is 9.59 Å². The number of nitrogens with one attached hydrogen (secondary N) is 2. The second kappa shape index (κ2) is 9.23. The molecule has 2 atom stereocenters. The molecule has 0 bridgehead atoms. The van der Waals surface area contributed by atoms with Gasteiger partial charge in [-0.05, 0) is 30.7 Å². The summed E-state index contributed by atoms with van der Waals surface area (Å²) in [6.07, 6.45) is 0.974. The Kier molecular flexibility index (Phi) is 6.73. The van der Waals surface area contributed by atoms with E-state index in [9.17, 15) is 18.4 Å². The van der Waals surface area contributed by atoms with Crippen LogP contribution in [0.4, 0.5) is 8.78 Å². The highest BCUT2D eigenvalue weighted by atomic mass is 19.2. The van der Waals surface area contributed by atoms with Crippen molar-refractivity contribution in [2.24, 2.45) is 0 Å². The minimum absolute atomic E-state index is 0.0487. The Labute approximate surface area is 157 Å². The van der Waals surface area contributed by atoms with Gasteiger partial charge in [-0.15, -0.1) is 0 Å². The number of nitrogens with zero attached hydrogens (tertiary/aromatic N) is 1. The average Bonchev–Trinajstić information content (AvgIpc) is 2.69. The summed E-state index contributed by atoms with van der Waals surface area (Å²) in [6, 6.07) is 3.66. The molecule has 0 radical (unpaired) electrons. The van der Waals surface area contributed by atoms with Crippen LogP contribution in [0.25, 0.3) is 0 Å². The van der Waals surface area contributed by atoms with Gasteiger partial charge in [-0.25, -0.2) is 8.78 Å². The summed E-state index contributed by atoms with van der Waals surface area (Å²) in [5, 5.41) is 6.16. The largest absolute Gasteiger partial charge is 0.378 e. The first-order valence-corrected chi connectivity index (χ1v) is 9.35. The van der Waals surface area contributed by atoms with Crippen molar-refractivity contribution in [1.82, 2.24) is 15.5 Å². The van der Waals surface area contributed by atoms with Gasteiger partial charge in [-0.1, -0.05) is 6.07 Å². The number of benzene rings is 1. The van der Waals surface area contributed by atoms with Crippen molar-refractivity contribution >= 4 is 11.8 Å². The molecule has 2 heterocycles. The highest BCUT2D eigenvalue weighted by molar-refractivity contribution is 5.84. The third-order valence-electron chi connectivity index (χ3n) is 5.13. The summed E-state index contributed by atoms with van der Waals surface area (Å²) in [5.41, 5.74) is 0.671. The van der Waals surface area contributed by atoms with Crippen molar-refractivity contribution in [2.45, 2.75) is 31.2 Å². The van der Waals surface area contributed by atoms with Crippen LogP contribution < -0.4 is 10.6 Å². The van der Waals surface area contributed by atoms with Crippen molar-refractivity contribution in [1.29, 1.82) is 0 Å². The van der Waals surface area contributed by atoms with Crippen LogP contribution in [-0.2, 0) is 14.3 Å². The predicted octanol–water partition coefficient (Wildman–Crippen LogP) is 1.17. The van der Waals surface area contributed by atoms with Crippen molar-refractivity contribution in [3.8, 4) is 0 Å². The van der Waals surface area contributed by atoms with E-state index in [2.05, 4.69) is 10.6 Å². The fourth-order valence-corrected chi connectivity index (χ4v) is 3.62. The number of morpholine rings is 1. The molecule has 2 fully saturated rings. The molecule has 1 aromatic rings. The molecule has 2 unspecified atom stereocenters. The maximum atomic E-state index is 13.6. The molecule has 0 aromatic heterocycles. The van der Waals surface area contributed by atoms with E-state index >= 15 is 0 Å². The number of ether oxygens (including phenoxy) is 1. The molecular formula is C19H25F2N3O3. The van der Waals surface area contributed by atoms with Crippen molar-refractivity contribution < 1.29 is 23.1 Å². The maximum Gasteiger partial charge on any atom is 0.223 e. The normalized spacial score (nSPS) is 23.1. The quantitative estimate of drug-likeness (QED) is 0.803. The van der Waals surface area contributed by atoms with E-state index in [1.54, 1.807) is 11.0 Å². The third-order valence-corrected chi connectivity index (χ3v) is 5.13. The van der Waals surface area contributed by atoms with E-state index in [0.717, 1.165) is 12.6 Å². The predicted molar refractivity (Wildman–Crippen MR) is 95.1 cm³/mol. The number of hydrogen-bond acceptors (Lipinski definition) is 4. The molecular weight excluding hydrogens is 356 g/mol. The molecule has 6 nitrogen and oxygen atoms in total. The molecule has 2 aliphatic rings. The highest BCUT2D eigenvalue weighted by Gasteiger charge is 2.28. The van der Waals surface area contributed by atoms with Crippen LogP contribution in [-0.4, -0.2) is 62.1 Å². The first kappa shape index (κ1) is 19.7. The lowest BCUT2D eigenvalue weighted by Gasteiger charge is -2.33. The number of piperidine rings is 1. The minimum atomic E-state index is -0.882. The van der Waals surface area contributed by atoms with Gasteiger partial charge in [-0.2, -0.15) is 0 Å². The summed E-state index contributed by atoms with van der Waals surface area (Å²) in [6.45, 7) is 3.47. The first-order chi connectivity index (χ1) is 13.0. The summed E-state index contributed by atoms with van der Waals surface area (Å²) in [7, 11) is 0. The average molecular weight is 381 g/mol. The molecule has 2 aliphatic heterocycles. The van der Waals surface area contributed by atoms with Crippen LogP contribution >= 0.6 is 0 Å². The Morgan fingerprint density at radius 2 is 1.96 bits per heavy atom. The number of hydrogen-bond donors (Lipinski definition) is 2. The zero-order valence-electron chi connectivity index (χ0n) is 15.2.